The van der Waals surface area contributed by atoms with Crippen molar-refractivity contribution in [2.45, 2.75) is 12.7 Å². The van der Waals surface area contributed by atoms with Gasteiger partial charge in [0.05, 0.1) is 5.75 Å². The zero-order valence-electron chi connectivity index (χ0n) is 9.18. The molecule has 2 rings (SSSR count). The summed E-state index contributed by atoms with van der Waals surface area (Å²) in [5, 5.41) is 13.3. The van der Waals surface area contributed by atoms with Crippen molar-refractivity contribution in [3.63, 3.8) is 0 Å². The highest BCUT2D eigenvalue weighted by molar-refractivity contribution is 7.98. The highest BCUT2D eigenvalue weighted by Crippen LogP contribution is 2.30. The quantitative estimate of drug-likeness (QED) is 0.909. The summed E-state index contributed by atoms with van der Waals surface area (Å²) >= 11 is 1.64. The van der Waals surface area contributed by atoms with Crippen LogP contribution in [0.1, 0.15) is 12.7 Å². The van der Waals surface area contributed by atoms with Crippen molar-refractivity contribution < 1.29 is 14.0 Å². The molecule has 1 heterocycles. The molecule has 0 unspecified atom stereocenters. The molecule has 0 bridgehead atoms. The zero-order valence-corrected chi connectivity index (χ0v) is 10.00. The highest BCUT2D eigenvalue weighted by Gasteiger charge is 2.17. The van der Waals surface area contributed by atoms with E-state index in [0.717, 1.165) is 5.75 Å². The molecule has 0 atom stereocenters. The van der Waals surface area contributed by atoms with Gasteiger partial charge in [0.15, 0.2) is 5.82 Å². The van der Waals surface area contributed by atoms with E-state index in [0.29, 0.717) is 11.6 Å². The van der Waals surface area contributed by atoms with Crippen LogP contribution in [0.15, 0.2) is 22.7 Å². The lowest BCUT2D eigenvalue weighted by molar-refractivity contribution is 0.415. The summed E-state index contributed by atoms with van der Waals surface area (Å²) in [5.74, 6) is 1.26. The first-order valence-corrected chi connectivity index (χ1v) is 6.26. The van der Waals surface area contributed by atoms with Gasteiger partial charge in [-0.1, -0.05) is 18.1 Å². The van der Waals surface area contributed by atoms with Gasteiger partial charge in [0, 0.05) is 0 Å². The smallest absolute Gasteiger partial charge is 0.264 e. The third-order valence-corrected chi connectivity index (χ3v) is 2.98. The SMILES string of the molecule is CCSCc1noc(-c2c(O)cccc2F)n1. The summed E-state index contributed by atoms with van der Waals surface area (Å²) in [4.78, 5) is 4.04. The number of nitrogens with zero attached hydrogens (tertiary/aromatic N) is 2. The van der Waals surface area contributed by atoms with Crippen molar-refractivity contribution in [2.75, 3.05) is 5.75 Å². The molecule has 0 saturated carbocycles. The lowest BCUT2D eigenvalue weighted by Crippen LogP contribution is -1.87. The van der Waals surface area contributed by atoms with Crippen LogP contribution in [0.2, 0.25) is 0 Å². The van der Waals surface area contributed by atoms with E-state index in [4.69, 9.17) is 4.52 Å². The van der Waals surface area contributed by atoms with Crippen LogP contribution < -0.4 is 0 Å². The summed E-state index contributed by atoms with van der Waals surface area (Å²) < 4.78 is 18.4. The molecule has 17 heavy (non-hydrogen) atoms. The van der Waals surface area contributed by atoms with Crippen molar-refractivity contribution in [2.24, 2.45) is 0 Å². The van der Waals surface area contributed by atoms with Crippen molar-refractivity contribution in [3.8, 4) is 17.2 Å². The molecule has 0 amide bonds. The number of halogens is 1. The Labute approximate surface area is 102 Å². The number of thioether (sulfide) groups is 1. The molecule has 6 heteroatoms. The minimum Gasteiger partial charge on any atom is -0.507 e. The first kappa shape index (κ1) is 11.9. The average molecular weight is 254 g/mol. The third-order valence-electron chi connectivity index (χ3n) is 2.11. The minimum atomic E-state index is -0.580. The van der Waals surface area contributed by atoms with Crippen molar-refractivity contribution in [1.29, 1.82) is 0 Å². The number of aromatic hydroxyl groups is 1. The molecule has 4 nitrogen and oxygen atoms in total. The molecule has 90 valence electrons. The molecule has 1 N–H and O–H groups in total. The van der Waals surface area contributed by atoms with Gasteiger partial charge < -0.3 is 9.63 Å². The molecule has 0 radical (unpaired) electrons. The Morgan fingerprint density at radius 1 is 1.47 bits per heavy atom. The first-order valence-electron chi connectivity index (χ1n) is 5.10. The van der Waals surface area contributed by atoms with Gasteiger partial charge in [-0.3, -0.25) is 0 Å². The average Bonchev–Trinajstić information content (AvgIpc) is 2.75. The maximum absolute atomic E-state index is 13.5. The van der Waals surface area contributed by atoms with E-state index in [9.17, 15) is 9.50 Å². The third kappa shape index (κ3) is 2.58. The van der Waals surface area contributed by atoms with Crippen LogP contribution in [0.5, 0.6) is 5.75 Å². The summed E-state index contributed by atoms with van der Waals surface area (Å²) in [6, 6.07) is 4.03. The monoisotopic (exact) mass is 254 g/mol. The summed E-state index contributed by atoms with van der Waals surface area (Å²) in [5.41, 5.74) is -0.0484. The number of benzene rings is 1. The van der Waals surface area contributed by atoms with E-state index in [-0.39, 0.29) is 17.2 Å². The van der Waals surface area contributed by atoms with Crippen LogP contribution >= 0.6 is 11.8 Å². The predicted octanol–water partition coefficient (Wildman–Crippen LogP) is 2.83. The summed E-state index contributed by atoms with van der Waals surface area (Å²) in [7, 11) is 0. The molecule has 0 aliphatic carbocycles. The van der Waals surface area contributed by atoms with Crippen molar-refractivity contribution in [1.82, 2.24) is 10.1 Å². The van der Waals surface area contributed by atoms with Gasteiger partial charge in [0.25, 0.3) is 5.89 Å². The highest BCUT2D eigenvalue weighted by atomic mass is 32.2. The fourth-order valence-electron chi connectivity index (χ4n) is 1.33. The van der Waals surface area contributed by atoms with E-state index in [2.05, 4.69) is 10.1 Å². The number of hydrogen-bond donors (Lipinski definition) is 1. The molecule has 0 aliphatic heterocycles. The predicted molar refractivity (Wildman–Crippen MR) is 63.2 cm³/mol. The standard InChI is InChI=1S/C11H11FN2O2S/c1-2-17-6-9-13-11(16-14-9)10-7(12)4-3-5-8(10)15/h3-5,15H,2,6H2,1H3. The molecule has 1 aromatic carbocycles. The molecule has 0 fully saturated rings. The van der Waals surface area contributed by atoms with Gasteiger partial charge in [-0.15, -0.1) is 0 Å². The van der Waals surface area contributed by atoms with Crippen LogP contribution in [-0.4, -0.2) is 21.0 Å². The van der Waals surface area contributed by atoms with E-state index in [1.165, 1.54) is 18.2 Å². The second-order valence-corrected chi connectivity index (χ2v) is 4.56. The number of phenols is 1. The van der Waals surface area contributed by atoms with Crippen LogP contribution in [-0.2, 0) is 5.75 Å². The lowest BCUT2D eigenvalue weighted by atomic mass is 10.2. The molecular weight excluding hydrogens is 243 g/mol. The Kier molecular flexibility index (Phi) is 3.63. The van der Waals surface area contributed by atoms with E-state index in [1.54, 1.807) is 11.8 Å². The van der Waals surface area contributed by atoms with Gasteiger partial charge in [-0.05, 0) is 17.9 Å². The summed E-state index contributed by atoms with van der Waals surface area (Å²) in [6.45, 7) is 2.02. The Morgan fingerprint density at radius 2 is 2.29 bits per heavy atom. The Morgan fingerprint density at radius 3 is 3.00 bits per heavy atom. The van der Waals surface area contributed by atoms with Gasteiger partial charge >= 0.3 is 0 Å². The maximum Gasteiger partial charge on any atom is 0.264 e. The number of rotatable bonds is 4. The van der Waals surface area contributed by atoms with Crippen LogP contribution in [0.3, 0.4) is 0 Å². The van der Waals surface area contributed by atoms with Crippen LogP contribution in [0.4, 0.5) is 4.39 Å². The number of hydrogen-bond acceptors (Lipinski definition) is 5. The topological polar surface area (TPSA) is 59.2 Å². The normalized spacial score (nSPS) is 10.7. The van der Waals surface area contributed by atoms with Gasteiger partial charge in [-0.2, -0.15) is 16.7 Å². The molecule has 0 saturated heterocycles. The second kappa shape index (κ2) is 5.18. The fourth-order valence-corrected chi connectivity index (χ4v) is 1.84. The van der Waals surface area contributed by atoms with Gasteiger partial charge in [-0.25, -0.2) is 4.39 Å². The number of phenolic OH excluding ortho intramolecular Hbond substituents is 1. The van der Waals surface area contributed by atoms with E-state index in [1.807, 2.05) is 6.92 Å². The fraction of sp³-hybridized carbons (Fsp3) is 0.273. The van der Waals surface area contributed by atoms with Crippen molar-refractivity contribution in [3.05, 3.63) is 29.8 Å². The largest absolute Gasteiger partial charge is 0.507 e. The first-order chi connectivity index (χ1) is 8.22. The van der Waals surface area contributed by atoms with Gasteiger partial charge in [0.1, 0.15) is 17.1 Å². The van der Waals surface area contributed by atoms with Gasteiger partial charge in [0.2, 0.25) is 0 Å². The molecule has 0 aliphatic rings. The molecule has 0 spiro atoms. The Bertz CT molecular complexity index is 496. The van der Waals surface area contributed by atoms with Crippen molar-refractivity contribution >= 4 is 11.8 Å². The second-order valence-electron chi connectivity index (χ2n) is 3.29. The van der Waals surface area contributed by atoms with E-state index < -0.39 is 5.82 Å². The lowest BCUT2D eigenvalue weighted by Gasteiger charge is -1.99. The Balaban J connectivity index is 2.30. The molecular formula is C11H11FN2O2S. The molecule has 2 aromatic rings. The van der Waals surface area contributed by atoms with Crippen LogP contribution in [0.25, 0.3) is 11.5 Å². The zero-order chi connectivity index (χ0) is 12.3. The minimum absolute atomic E-state index is 0.00676. The summed E-state index contributed by atoms with van der Waals surface area (Å²) in [6.07, 6.45) is 0. The maximum atomic E-state index is 13.5. The number of aromatic nitrogens is 2. The molecule has 1 aromatic heterocycles. The Hall–Kier alpha value is -1.56. The van der Waals surface area contributed by atoms with E-state index >= 15 is 0 Å². The van der Waals surface area contributed by atoms with Crippen LogP contribution in [0, 0.1) is 5.82 Å².